The quantitative estimate of drug-likeness (QED) is 0.281. The monoisotopic (exact) mass is 573 g/mol. The number of alkyl halides is 3. The lowest BCUT2D eigenvalue weighted by atomic mass is 10.1. The molecule has 0 saturated carbocycles. The van der Waals surface area contributed by atoms with Crippen molar-refractivity contribution in [3.63, 3.8) is 0 Å². The van der Waals surface area contributed by atoms with Crippen LogP contribution in [0.3, 0.4) is 0 Å². The SMILES string of the molecule is CN1SNC(C(=O)NCc2sc(-c3ccccc3)nc2C(F)(F)F)CC1C(=O)Nc1ccc(F)c(Cl)c1. The number of nitrogens with one attached hydrogen (secondary N) is 3. The summed E-state index contributed by atoms with van der Waals surface area (Å²) < 4.78 is 58.7. The van der Waals surface area contributed by atoms with Crippen LogP contribution in [0, 0.1) is 5.82 Å². The van der Waals surface area contributed by atoms with Crippen LogP contribution in [0.25, 0.3) is 10.6 Å². The second kappa shape index (κ2) is 11.4. The Morgan fingerprint density at radius 1 is 1.19 bits per heavy atom. The molecule has 0 radical (unpaired) electrons. The van der Waals surface area contributed by atoms with Crippen molar-refractivity contribution in [2.24, 2.45) is 0 Å². The third kappa shape index (κ3) is 6.60. The summed E-state index contributed by atoms with van der Waals surface area (Å²) in [5.41, 5.74) is -0.216. The summed E-state index contributed by atoms with van der Waals surface area (Å²) in [5.74, 6) is -1.64. The zero-order chi connectivity index (χ0) is 26.7. The van der Waals surface area contributed by atoms with Gasteiger partial charge in [-0.25, -0.2) is 18.4 Å². The molecule has 3 N–H and O–H groups in total. The number of rotatable bonds is 6. The van der Waals surface area contributed by atoms with E-state index in [9.17, 15) is 27.2 Å². The molecule has 1 aliphatic rings. The Labute approximate surface area is 222 Å². The smallest absolute Gasteiger partial charge is 0.350 e. The van der Waals surface area contributed by atoms with E-state index in [1.165, 1.54) is 12.1 Å². The third-order valence-electron chi connectivity index (χ3n) is 5.45. The Balaban J connectivity index is 1.42. The topological polar surface area (TPSA) is 86.4 Å². The highest BCUT2D eigenvalue weighted by atomic mass is 35.5. The molecule has 2 unspecified atom stereocenters. The van der Waals surface area contributed by atoms with Crippen molar-refractivity contribution in [1.29, 1.82) is 0 Å². The van der Waals surface area contributed by atoms with E-state index in [2.05, 4.69) is 20.3 Å². The molecule has 2 amide bonds. The van der Waals surface area contributed by atoms with Crippen molar-refractivity contribution in [3.8, 4) is 10.6 Å². The van der Waals surface area contributed by atoms with E-state index in [1.54, 1.807) is 41.7 Å². The predicted molar refractivity (Wildman–Crippen MR) is 135 cm³/mol. The standard InChI is InChI=1S/C23H20ClF4N5O2S2/c1-33-17(21(35)30-13-7-8-15(25)14(24)9-13)10-16(32-37-33)20(34)29-11-18-19(23(26,27)28)31-22(36-18)12-5-3-2-4-6-12/h2-9,16-17,32H,10-11H2,1H3,(H,29,34)(H,30,35). The number of anilines is 1. The van der Waals surface area contributed by atoms with E-state index in [0.717, 1.165) is 29.5 Å². The van der Waals surface area contributed by atoms with Crippen LogP contribution >= 0.6 is 35.1 Å². The molecule has 3 aromatic rings. The summed E-state index contributed by atoms with van der Waals surface area (Å²) in [6, 6.07) is 10.6. The van der Waals surface area contributed by atoms with Gasteiger partial charge < -0.3 is 10.6 Å². The normalized spacial score (nSPS) is 18.4. The minimum absolute atomic E-state index is 0.0418. The summed E-state index contributed by atoms with van der Waals surface area (Å²) in [6.45, 7) is -0.373. The van der Waals surface area contributed by atoms with Crippen LogP contribution in [0.5, 0.6) is 0 Å². The zero-order valence-corrected chi connectivity index (χ0v) is 21.5. The molecule has 0 bridgehead atoms. The molecule has 0 aliphatic carbocycles. The number of carbonyl (C=O) groups is 2. The molecule has 1 fully saturated rings. The molecule has 2 aromatic carbocycles. The largest absolute Gasteiger partial charge is 0.434 e. The molecule has 1 saturated heterocycles. The number of benzene rings is 2. The van der Waals surface area contributed by atoms with Crippen molar-refractivity contribution in [3.05, 3.63) is 69.9 Å². The van der Waals surface area contributed by atoms with E-state index in [-0.39, 0.29) is 33.6 Å². The van der Waals surface area contributed by atoms with Crippen molar-refractivity contribution in [2.75, 3.05) is 12.4 Å². The molecule has 4 rings (SSSR count). The second-order valence-corrected chi connectivity index (χ2v) is 10.5. The van der Waals surface area contributed by atoms with Crippen molar-refractivity contribution in [1.82, 2.24) is 19.3 Å². The van der Waals surface area contributed by atoms with Gasteiger partial charge in [-0.1, -0.05) is 41.9 Å². The van der Waals surface area contributed by atoms with Crippen LogP contribution < -0.4 is 15.4 Å². The fourth-order valence-corrected chi connectivity index (χ4v) is 5.56. The van der Waals surface area contributed by atoms with E-state index in [4.69, 9.17) is 11.6 Å². The summed E-state index contributed by atoms with van der Waals surface area (Å²) in [4.78, 5) is 29.3. The lowest BCUT2D eigenvalue weighted by Crippen LogP contribution is -2.54. The number of hydrogen-bond acceptors (Lipinski definition) is 7. The fourth-order valence-electron chi connectivity index (χ4n) is 3.55. The first-order chi connectivity index (χ1) is 17.5. The van der Waals surface area contributed by atoms with Crippen molar-refractivity contribution < 1.29 is 27.2 Å². The predicted octanol–water partition coefficient (Wildman–Crippen LogP) is 5.10. The molecule has 1 aromatic heterocycles. The van der Waals surface area contributed by atoms with Gasteiger partial charge in [-0.3, -0.25) is 9.59 Å². The average Bonchev–Trinajstić information content (AvgIpc) is 3.31. The van der Waals surface area contributed by atoms with Crippen LogP contribution in [0.2, 0.25) is 5.02 Å². The highest BCUT2D eigenvalue weighted by molar-refractivity contribution is 7.95. The van der Waals surface area contributed by atoms with Gasteiger partial charge in [-0.15, -0.1) is 11.3 Å². The van der Waals surface area contributed by atoms with E-state index in [1.807, 2.05) is 0 Å². The number of carbonyl (C=O) groups excluding carboxylic acids is 2. The van der Waals surface area contributed by atoms with Gasteiger partial charge in [0.25, 0.3) is 0 Å². The third-order valence-corrected chi connectivity index (χ3v) is 7.78. The molecule has 2 heterocycles. The van der Waals surface area contributed by atoms with E-state index >= 15 is 0 Å². The lowest BCUT2D eigenvalue weighted by molar-refractivity contribution is -0.141. The molecule has 0 spiro atoms. The molecular formula is C23H20ClF4N5O2S2. The molecule has 196 valence electrons. The minimum atomic E-state index is -4.68. The van der Waals surface area contributed by atoms with Crippen LogP contribution in [0.4, 0.5) is 23.2 Å². The maximum Gasteiger partial charge on any atom is 0.434 e. The van der Waals surface area contributed by atoms with Gasteiger partial charge in [0.05, 0.1) is 22.5 Å². The Hall–Kier alpha value is -2.71. The van der Waals surface area contributed by atoms with Gasteiger partial charge in [0.2, 0.25) is 11.8 Å². The first kappa shape index (κ1) is 27.3. The van der Waals surface area contributed by atoms with E-state index in [0.29, 0.717) is 5.56 Å². The number of aromatic nitrogens is 1. The van der Waals surface area contributed by atoms with Crippen LogP contribution in [-0.2, 0) is 22.3 Å². The molecular weight excluding hydrogens is 554 g/mol. The molecule has 1 aliphatic heterocycles. The van der Waals surface area contributed by atoms with Gasteiger partial charge in [-0.05, 0) is 31.7 Å². The van der Waals surface area contributed by atoms with Crippen LogP contribution in [0.15, 0.2) is 48.5 Å². The number of amides is 2. The highest BCUT2D eigenvalue weighted by Gasteiger charge is 2.39. The maximum absolute atomic E-state index is 13.6. The summed E-state index contributed by atoms with van der Waals surface area (Å²) >= 11 is 7.64. The van der Waals surface area contributed by atoms with E-state index < -0.39 is 41.6 Å². The van der Waals surface area contributed by atoms with Crippen LogP contribution in [-0.4, -0.2) is 40.2 Å². The molecule has 37 heavy (non-hydrogen) atoms. The number of halogens is 5. The van der Waals surface area contributed by atoms with Gasteiger partial charge in [0, 0.05) is 23.4 Å². The maximum atomic E-state index is 13.6. The highest BCUT2D eigenvalue weighted by Crippen LogP contribution is 2.37. The Kier molecular flexibility index (Phi) is 8.39. The van der Waals surface area contributed by atoms with Crippen molar-refractivity contribution in [2.45, 2.75) is 31.2 Å². The van der Waals surface area contributed by atoms with Gasteiger partial charge in [-0.2, -0.15) is 13.2 Å². The molecule has 2 atom stereocenters. The summed E-state index contributed by atoms with van der Waals surface area (Å²) in [5, 5.41) is 5.21. The number of nitrogens with zero attached hydrogens (tertiary/aromatic N) is 2. The Morgan fingerprint density at radius 3 is 2.59 bits per heavy atom. The summed E-state index contributed by atoms with van der Waals surface area (Å²) in [7, 11) is 1.64. The first-order valence-electron chi connectivity index (χ1n) is 10.8. The minimum Gasteiger partial charge on any atom is -0.350 e. The molecule has 14 heteroatoms. The molecule has 7 nitrogen and oxygen atoms in total. The van der Waals surface area contributed by atoms with Gasteiger partial charge >= 0.3 is 6.18 Å². The Bertz CT molecular complexity index is 1290. The van der Waals surface area contributed by atoms with Crippen molar-refractivity contribution >= 4 is 52.6 Å². The average molecular weight is 574 g/mol. The second-order valence-electron chi connectivity index (χ2n) is 8.05. The number of hydrogen-bond donors (Lipinski definition) is 3. The first-order valence-corrected chi connectivity index (χ1v) is 12.8. The fraction of sp³-hybridized carbons (Fsp3) is 0.261. The van der Waals surface area contributed by atoms with Gasteiger partial charge in [0.1, 0.15) is 16.9 Å². The zero-order valence-electron chi connectivity index (χ0n) is 19.1. The lowest BCUT2D eigenvalue weighted by Gasteiger charge is -2.34. The van der Waals surface area contributed by atoms with Gasteiger partial charge in [0.15, 0.2) is 5.69 Å². The number of likely N-dealkylation sites (N-methyl/N-ethyl adjacent to an activating group) is 1. The summed E-state index contributed by atoms with van der Waals surface area (Å²) in [6.07, 6.45) is -4.64. The number of thiazole rings is 1. The Morgan fingerprint density at radius 2 is 1.92 bits per heavy atom. The van der Waals surface area contributed by atoms with Crippen LogP contribution in [0.1, 0.15) is 17.0 Å².